The minimum absolute atomic E-state index is 0.0204. The van der Waals surface area contributed by atoms with Gasteiger partial charge in [0.25, 0.3) is 0 Å². The summed E-state index contributed by atoms with van der Waals surface area (Å²) in [5, 5.41) is 2.81. The number of halogens is 1. The number of hydrogen-bond donors (Lipinski definition) is 1. The van der Waals surface area contributed by atoms with Crippen LogP contribution in [0.15, 0.2) is 0 Å². The third-order valence-corrected chi connectivity index (χ3v) is 2.06. The van der Waals surface area contributed by atoms with Crippen LogP contribution in [0.2, 0.25) is 0 Å². The first-order valence-corrected chi connectivity index (χ1v) is 3.57. The van der Waals surface area contributed by atoms with Crippen LogP contribution < -0.4 is 5.32 Å². The van der Waals surface area contributed by atoms with E-state index in [9.17, 15) is 4.79 Å². The van der Waals surface area contributed by atoms with E-state index in [0.717, 1.165) is 12.8 Å². The largest absolute Gasteiger partial charge is 0.350 e. The molecule has 0 aromatic rings. The lowest BCUT2D eigenvalue weighted by Crippen LogP contribution is -2.36. The molecule has 0 aromatic heterocycles. The Morgan fingerprint density at radius 2 is 2.33 bits per heavy atom. The number of hydrogen-bond acceptors (Lipinski definition) is 1. The topological polar surface area (TPSA) is 29.1 Å². The molecule has 1 rings (SSSR count). The van der Waals surface area contributed by atoms with E-state index in [4.69, 9.17) is 11.6 Å². The highest BCUT2D eigenvalue weighted by atomic mass is 35.5. The van der Waals surface area contributed by atoms with E-state index in [1.807, 2.05) is 0 Å². The van der Waals surface area contributed by atoms with Gasteiger partial charge in [0.15, 0.2) is 0 Å². The highest BCUT2D eigenvalue weighted by Gasteiger charge is 2.42. The summed E-state index contributed by atoms with van der Waals surface area (Å²) in [4.78, 5) is 10.5. The first-order chi connectivity index (χ1) is 4.18. The first-order valence-electron chi connectivity index (χ1n) is 3.03. The molecule has 1 N–H and O–H groups in total. The highest BCUT2D eigenvalue weighted by molar-refractivity contribution is 6.19. The molecule has 1 aliphatic carbocycles. The number of carbonyl (C=O) groups excluding carboxylic acids is 1. The Kier molecular flexibility index (Phi) is 1.66. The summed E-state index contributed by atoms with van der Waals surface area (Å²) in [6, 6.07) is 0. The minimum Gasteiger partial charge on any atom is -0.350 e. The third kappa shape index (κ3) is 1.58. The smallest absolute Gasteiger partial charge is 0.217 e. The van der Waals surface area contributed by atoms with E-state index in [2.05, 4.69) is 5.32 Å². The van der Waals surface area contributed by atoms with Crippen LogP contribution in [0.5, 0.6) is 0 Å². The lowest BCUT2D eigenvalue weighted by atomic mass is 10.3. The summed E-state index contributed by atoms with van der Waals surface area (Å²) in [6.07, 6.45) is 2.08. The lowest BCUT2D eigenvalue weighted by Gasteiger charge is -2.10. The summed E-state index contributed by atoms with van der Waals surface area (Å²) in [6.45, 7) is 1.52. The normalized spacial score (nSPS) is 21.1. The summed E-state index contributed by atoms with van der Waals surface area (Å²) in [5.41, 5.74) is -0.0204. The van der Waals surface area contributed by atoms with Gasteiger partial charge in [0.05, 0.1) is 5.54 Å². The Hall–Kier alpha value is -0.240. The molecule has 0 saturated heterocycles. The van der Waals surface area contributed by atoms with Crippen molar-refractivity contribution in [1.29, 1.82) is 0 Å². The Morgan fingerprint density at radius 3 is 2.44 bits per heavy atom. The monoisotopic (exact) mass is 147 g/mol. The Morgan fingerprint density at radius 1 is 1.78 bits per heavy atom. The standard InChI is InChI=1S/C6H10ClNO/c1-5(9)8-6(4-7)2-3-6/h2-4H2,1H3,(H,8,9). The SMILES string of the molecule is CC(=O)NC1(CCl)CC1. The maximum Gasteiger partial charge on any atom is 0.217 e. The van der Waals surface area contributed by atoms with Crippen LogP contribution in [0, 0.1) is 0 Å². The van der Waals surface area contributed by atoms with Crippen LogP contribution >= 0.6 is 11.6 Å². The average molecular weight is 148 g/mol. The van der Waals surface area contributed by atoms with Gasteiger partial charge in [-0.05, 0) is 12.8 Å². The van der Waals surface area contributed by atoms with Gasteiger partial charge in [-0.2, -0.15) is 0 Å². The fourth-order valence-corrected chi connectivity index (χ4v) is 1.15. The van der Waals surface area contributed by atoms with Crippen molar-refractivity contribution < 1.29 is 4.79 Å². The number of alkyl halides is 1. The van der Waals surface area contributed by atoms with Gasteiger partial charge >= 0.3 is 0 Å². The molecule has 9 heavy (non-hydrogen) atoms. The Labute approximate surface area is 59.6 Å². The molecule has 1 amide bonds. The maximum absolute atomic E-state index is 10.5. The molecule has 0 radical (unpaired) electrons. The van der Waals surface area contributed by atoms with E-state index in [0.29, 0.717) is 5.88 Å². The second-order valence-corrected chi connectivity index (χ2v) is 2.86. The van der Waals surface area contributed by atoms with Crippen molar-refractivity contribution in [2.24, 2.45) is 0 Å². The van der Waals surface area contributed by atoms with Gasteiger partial charge < -0.3 is 5.32 Å². The van der Waals surface area contributed by atoms with Crippen molar-refractivity contribution in [3.8, 4) is 0 Å². The molecule has 0 aromatic carbocycles. The van der Waals surface area contributed by atoms with Gasteiger partial charge in [-0.1, -0.05) is 0 Å². The summed E-state index contributed by atoms with van der Waals surface area (Å²) >= 11 is 5.59. The molecule has 2 nitrogen and oxygen atoms in total. The summed E-state index contributed by atoms with van der Waals surface area (Å²) in [7, 11) is 0. The molecule has 0 atom stereocenters. The van der Waals surface area contributed by atoms with Crippen molar-refractivity contribution in [3.63, 3.8) is 0 Å². The van der Waals surface area contributed by atoms with E-state index >= 15 is 0 Å². The number of carbonyl (C=O) groups is 1. The molecule has 0 heterocycles. The van der Waals surface area contributed by atoms with Crippen LogP contribution in [0.25, 0.3) is 0 Å². The fraction of sp³-hybridized carbons (Fsp3) is 0.833. The molecule has 52 valence electrons. The molecular weight excluding hydrogens is 138 g/mol. The molecule has 0 spiro atoms. The zero-order valence-corrected chi connectivity index (χ0v) is 6.16. The summed E-state index contributed by atoms with van der Waals surface area (Å²) in [5.74, 6) is 0.570. The number of amides is 1. The van der Waals surface area contributed by atoms with E-state index < -0.39 is 0 Å². The van der Waals surface area contributed by atoms with Crippen LogP contribution in [-0.4, -0.2) is 17.3 Å². The molecule has 0 aliphatic heterocycles. The zero-order valence-electron chi connectivity index (χ0n) is 5.41. The molecule has 1 aliphatic rings. The third-order valence-electron chi connectivity index (χ3n) is 1.55. The Balaban J connectivity index is 2.33. The van der Waals surface area contributed by atoms with Crippen molar-refractivity contribution in [2.45, 2.75) is 25.3 Å². The minimum atomic E-state index is -0.0204. The van der Waals surface area contributed by atoms with Crippen molar-refractivity contribution >= 4 is 17.5 Å². The number of nitrogens with one attached hydrogen (secondary N) is 1. The lowest BCUT2D eigenvalue weighted by molar-refractivity contribution is -0.119. The Bertz CT molecular complexity index is 131. The van der Waals surface area contributed by atoms with Crippen LogP contribution in [0.3, 0.4) is 0 Å². The van der Waals surface area contributed by atoms with Crippen molar-refractivity contribution in [2.75, 3.05) is 5.88 Å². The van der Waals surface area contributed by atoms with Gasteiger partial charge in [0.1, 0.15) is 0 Å². The van der Waals surface area contributed by atoms with Crippen molar-refractivity contribution in [3.05, 3.63) is 0 Å². The van der Waals surface area contributed by atoms with Gasteiger partial charge in [-0.25, -0.2) is 0 Å². The maximum atomic E-state index is 10.5. The van der Waals surface area contributed by atoms with Crippen LogP contribution in [-0.2, 0) is 4.79 Å². The molecule has 3 heteroatoms. The number of rotatable bonds is 2. The van der Waals surface area contributed by atoms with E-state index in [-0.39, 0.29) is 11.4 Å². The predicted molar refractivity (Wildman–Crippen MR) is 36.5 cm³/mol. The average Bonchev–Trinajstić information content (AvgIpc) is 2.48. The van der Waals surface area contributed by atoms with Gasteiger partial charge in [0, 0.05) is 12.8 Å². The summed E-state index contributed by atoms with van der Waals surface area (Å²) < 4.78 is 0. The second kappa shape index (κ2) is 2.18. The van der Waals surface area contributed by atoms with Gasteiger partial charge in [-0.3, -0.25) is 4.79 Å². The quantitative estimate of drug-likeness (QED) is 0.578. The van der Waals surface area contributed by atoms with E-state index in [1.165, 1.54) is 6.92 Å². The van der Waals surface area contributed by atoms with Crippen LogP contribution in [0.1, 0.15) is 19.8 Å². The molecule has 1 saturated carbocycles. The second-order valence-electron chi connectivity index (χ2n) is 2.60. The molecular formula is C6H10ClNO. The van der Waals surface area contributed by atoms with Crippen LogP contribution in [0.4, 0.5) is 0 Å². The predicted octanol–water partition coefficient (Wildman–Crippen LogP) is 0.894. The molecule has 0 unspecified atom stereocenters. The van der Waals surface area contributed by atoms with Gasteiger partial charge in [0.2, 0.25) is 5.91 Å². The first kappa shape index (κ1) is 6.87. The van der Waals surface area contributed by atoms with Crippen molar-refractivity contribution in [1.82, 2.24) is 5.32 Å². The zero-order chi connectivity index (χ0) is 6.91. The fourth-order valence-electron chi connectivity index (χ4n) is 0.816. The van der Waals surface area contributed by atoms with E-state index in [1.54, 1.807) is 0 Å². The highest BCUT2D eigenvalue weighted by Crippen LogP contribution is 2.36. The molecule has 0 bridgehead atoms. The molecule has 1 fully saturated rings. The van der Waals surface area contributed by atoms with Gasteiger partial charge in [-0.15, -0.1) is 11.6 Å².